The van der Waals surface area contributed by atoms with E-state index in [0.29, 0.717) is 18.6 Å². The molecular weight excluding hydrogens is 266 g/mol. The molecule has 0 aromatic heterocycles. The maximum absolute atomic E-state index is 5.76. The van der Waals surface area contributed by atoms with Crippen molar-refractivity contribution in [1.82, 2.24) is 5.32 Å². The highest BCUT2D eigenvalue weighted by Crippen LogP contribution is 2.32. The largest absolute Gasteiger partial charge is 0.490 e. The van der Waals surface area contributed by atoms with Gasteiger partial charge < -0.3 is 19.5 Å². The van der Waals surface area contributed by atoms with Gasteiger partial charge in [-0.15, -0.1) is 0 Å². The predicted molar refractivity (Wildman–Crippen MR) is 84.1 cm³/mol. The first-order valence-electron chi connectivity index (χ1n) is 7.76. The number of methoxy groups -OCH3 is 1. The van der Waals surface area contributed by atoms with E-state index in [9.17, 15) is 0 Å². The van der Waals surface area contributed by atoms with Gasteiger partial charge in [-0.1, -0.05) is 19.9 Å². The van der Waals surface area contributed by atoms with Crippen LogP contribution in [0.25, 0.3) is 0 Å². The van der Waals surface area contributed by atoms with E-state index in [1.807, 2.05) is 6.07 Å². The van der Waals surface area contributed by atoms with Crippen LogP contribution in [0, 0.1) is 5.92 Å². The molecule has 21 heavy (non-hydrogen) atoms. The molecule has 0 aliphatic carbocycles. The molecule has 1 aromatic carbocycles. The van der Waals surface area contributed by atoms with Crippen molar-refractivity contribution in [3.63, 3.8) is 0 Å². The average Bonchev–Trinajstić information content (AvgIpc) is 2.70. The van der Waals surface area contributed by atoms with E-state index in [4.69, 9.17) is 14.2 Å². The van der Waals surface area contributed by atoms with Gasteiger partial charge in [0.15, 0.2) is 11.5 Å². The summed E-state index contributed by atoms with van der Waals surface area (Å²) in [4.78, 5) is 0. The summed E-state index contributed by atoms with van der Waals surface area (Å²) in [6, 6.07) is 6.78. The minimum absolute atomic E-state index is 0.240. The Bertz CT molecular complexity index is 448. The zero-order valence-electron chi connectivity index (χ0n) is 13.5. The molecule has 0 saturated heterocycles. The molecule has 1 aliphatic heterocycles. The number of rotatable bonds is 6. The van der Waals surface area contributed by atoms with Crippen molar-refractivity contribution < 1.29 is 14.2 Å². The van der Waals surface area contributed by atoms with Crippen LogP contribution >= 0.6 is 0 Å². The maximum Gasteiger partial charge on any atom is 0.161 e. The fourth-order valence-corrected chi connectivity index (χ4v) is 2.48. The summed E-state index contributed by atoms with van der Waals surface area (Å²) >= 11 is 0. The molecule has 2 unspecified atom stereocenters. The normalized spacial score (nSPS) is 17.4. The van der Waals surface area contributed by atoms with Crippen LogP contribution in [0.5, 0.6) is 11.5 Å². The molecule has 0 bridgehead atoms. The van der Waals surface area contributed by atoms with Gasteiger partial charge in [-0.25, -0.2) is 0 Å². The SMILES string of the molecule is COCC(NC(C)c1ccc2c(c1)OCCCO2)C(C)C. The summed E-state index contributed by atoms with van der Waals surface area (Å²) in [5.41, 5.74) is 1.21. The Balaban J connectivity index is 2.08. The van der Waals surface area contributed by atoms with Gasteiger partial charge in [-0.2, -0.15) is 0 Å². The minimum atomic E-state index is 0.240. The van der Waals surface area contributed by atoms with Crippen molar-refractivity contribution in [2.45, 2.75) is 39.3 Å². The molecule has 1 N–H and O–H groups in total. The first kappa shape index (κ1) is 16.1. The van der Waals surface area contributed by atoms with Gasteiger partial charge >= 0.3 is 0 Å². The molecular formula is C17H27NO3. The van der Waals surface area contributed by atoms with E-state index >= 15 is 0 Å². The molecule has 0 fully saturated rings. The molecule has 2 atom stereocenters. The van der Waals surface area contributed by atoms with E-state index in [1.165, 1.54) is 5.56 Å². The van der Waals surface area contributed by atoms with Gasteiger partial charge in [0.2, 0.25) is 0 Å². The van der Waals surface area contributed by atoms with Crippen molar-refractivity contribution in [2.24, 2.45) is 5.92 Å². The topological polar surface area (TPSA) is 39.7 Å². The molecule has 4 heteroatoms. The van der Waals surface area contributed by atoms with Crippen LogP contribution in [0.3, 0.4) is 0 Å². The predicted octanol–water partition coefficient (Wildman–Crippen LogP) is 3.17. The van der Waals surface area contributed by atoms with Gasteiger partial charge in [0.05, 0.1) is 19.8 Å². The highest BCUT2D eigenvalue weighted by Gasteiger charge is 2.18. The lowest BCUT2D eigenvalue weighted by molar-refractivity contribution is 0.141. The van der Waals surface area contributed by atoms with Crippen molar-refractivity contribution in [3.8, 4) is 11.5 Å². The quantitative estimate of drug-likeness (QED) is 0.874. The minimum Gasteiger partial charge on any atom is -0.490 e. The Morgan fingerprint density at radius 2 is 1.86 bits per heavy atom. The van der Waals surface area contributed by atoms with Crippen LogP contribution in [-0.4, -0.2) is 33.0 Å². The van der Waals surface area contributed by atoms with Crippen molar-refractivity contribution in [1.29, 1.82) is 0 Å². The molecule has 2 rings (SSSR count). The summed E-state index contributed by atoms with van der Waals surface area (Å²) in [6.07, 6.45) is 0.932. The standard InChI is InChI=1S/C17H27NO3/c1-12(2)15(11-19-4)18-13(3)14-6-7-16-17(10-14)21-9-5-8-20-16/h6-7,10,12-13,15,18H,5,8-9,11H2,1-4H3. The molecule has 4 nitrogen and oxygen atoms in total. The second kappa shape index (κ2) is 7.66. The summed E-state index contributed by atoms with van der Waals surface area (Å²) < 4.78 is 16.7. The van der Waals surface area contributed by atoms with Crippen molar-refractivity contribution >= 4 is 0 Å². The number of nitrogens with one attached hydrogen (secondary N) is 1. The maximum atomic E-state index is 5.76. The third kappa shape index (κ3) is 4.35. The molecule has 1 heterocycles. The van der Waals surface area contributed by atoms with Crippen LogP contribution in [0.4, 0.5) is 0 Å². The van der Waals surface area contributed by atoms with E-state index in [-0.39, 0.29) is 6.04 Å². The smallest absolute Gasteiger partial charge is 0.161 e. The molecule has 0 saturated carbocycles. The lowest BCUT2D eigenvalue weighted by Crippen LogP contribution is -2.39. The fourth-order valence-electron chi connectivity index (χ4n) is 2.48. The second-order valence-electron chi connectivity index (χ2n) is 5.95. The van der Waals surface area contributed by atoms with Gasteiger partial charge in [0.25, 0.3) is 0 Å². The van der Waals surface area contributed by atoms with Crippen LogP contribution < -0.4 is 14.8 Å². The molecule has 1 aromatic rings. The first-order chi connectivity index (χ1) is 10.1. The average molecular weight is 293 g/mol. The molecule has 0 amide bonds. The van der Waals surface area contributed by atoms with E-state index < -0.39 is 0 Å². The lowest BCUT2D eigenvalue weighted by atomic mass is 10.0. The van der Waals surface area contributed by atoms with Gasteiger partial charge in [0, 0.05) is 25.6 Å². The Kier molecular flexibility index (Phi) is 5.88. The van der Waals surface area contributed by atoms with Crippen LogP contribution in [-0.2, 0) is 4.74 Å². The Morgan fingerprint density at radius 1 is 1.14 bits per heavy atom. The highest BCUT2D eigenvalue weighted by molar-refractivity contribution is 5.44. The highest BCUT2D eigenvalue weighted by atomic mass is 16.5. The van der Waals surface area contributed by atoms with Crippen LogP contribution in [0.15, 0.2) is 18.2 Å². The van der Waals surface area contributed by atoms with E-state index in [2.05, 4.69) is 38.2 Å². The third-order valence-electron chi connectivity index (χ3n) is 3.89. The van der Waals surface area contributed by atoms with E-state index in [0.717, 1.165) is 31.1 Å². The number of hydrogen-bond donors (Lipinski definition) is 1. The van der Waals surface area contributed by atoms with Crippen LogP contribution in [0.1, 0.15) is 38.8 Å². The Hall–Kier alpha value is -1.26. The molecule has 1 aliphatic rings. The molecule has 0 radical (unpaired) electrons. The van der Waals surface area contributed by atoms with Crippen molar-refractivity contribution in [3.05, 3.63) is 23.8 Å². The summed E-state index contributed by atoms with van der Waals surface area (Å²) in [5, 5.41) is 3.63. The summed E-state index contributed by atoms with van der Waals surface area (Å²) in [7, 11) is 1.75. The number of ether oxygens (including phenoxy) is 3. The number of benzene rings is 1. The molecule has 118 valence electrons. The fraction of sp³-hybridized carbons (Fsp3) is 0.647. The third-order valence-corrected chi connectivity index (χ3v) is 3.89. The Morgan fingerprint density at radius 3 is 2.52 bits per heavy atom. The number of hydrogen-bond acceptors (Lipinski definition) is 4. The van der Waals surface area contributed by atoms with Gasteiger partial charge in [-0.05, 0) is 30.5 Å². The zero-order valence-corrected chi connectivity index (χ0v) is 13.5. The second-order valence-corrected chi connectivity index (χ2v) is 5.95. The first-order valence-corrected chi connectivity index (χ1v) is 7.76. The summed E-state index contributed by atoms with van der Waals surface area (Å²) in [5.74, 6) is 2.22. The van der Waals surface area contributed by atoms with Crippen LogP contribution in [0.2, 0.25) is 0 Å². The van der Waals surface area contributed by atoms with Gasteiger partial charge in [-0.3, -0.25) is 0 Å². The monoisotopic (exact) mass is 293 g/mol. The zero-order chi connectivity index (χ0) is 15.2. The number of fused-ring (bicyclic) bond motifs is 1. The Labute approximate surface area is 127 Å². The lowest BCUT2D eigenvalue weighted by Gasteiger charge is -2.26. The van der Waals surface area contributed by atoms with Crippen molar-refractivity contribution in [2.75, 3.05) is 26.9 Å². The molecule has 0 spiro atoms. The van der Waals surface area contributed by atoms with Gasteiger partial charge in [0.1, 0.15) is 0 Å². The van der Waals surface area contributed by atoms with E-state index in [1.54, 1.807) is 7.11 Å². The summed E-state index contributed by atoms with van der Waals surface area (Å²) in [6.45, 7) is 8.74.